The lowest BCUT2D eigenvalue weighted by atomic mass is 10.1. The summed E-state index contributed by atoms with van der Waals surface area (Å²) < 4.78 is 6.01. The maximum Gasteiger partial charge on any atom is 0.266 e. The first-order valence-corrected chi connectivity index (χ1v) is 10.8. The largest absolute Gasteiger partial charge is 0.489 e. The molecule has 0 atom stereocenters. The molecule has 4 aromatic carbocycles. The average molecular weight is 453 g/mol. The Bertz CT molecular complexity index is 1380. The molecular weight excluding hydrogens is 432 g/mol. The molecule has 4 rings (SSSR count). The maximum atomic E-state index is 12.7. The smallest absolute Gasteiger partial charge is 0.266 e. The van der Waals surface area contributed by atoms with Gasteiger partial charge in [0.1, 0.15) is 24.0 Å². The number of aryl methyl sites for hydroxylation is 1. The Hall–Kier alpha value is -4.07. The van der Waals surface area contributed by atoms with E-state index >= 15 is 0 Å². The van der Waals surface area contributed by atoms with E-state index in [-0.39, 0.29) is 5.57 Å². The lowest BCUT2D eigenvalue weighted by Crippen LogP contribution is -2.14. The number of anilines is 1. The third-order valence-corrected chi connectivity index (χ3v) is 5.58. The molecule has 1 N–H and O–H groups in total. The van der Waals surface area contributed by atoms with Gasteiger partial charge in [-0.15, -0.1) is 0 Å². The average Bonchev–Trinajstić information content (AvgIpc) is 2.83. The summed E-state index contributed by atoms with van der Waals surface area (Å²) in [5, 5.41) is 15.0. The number of hydrogen-bond donors (Lipinski definition) is 1. The van der Waals surface area contributed by atoms with Crippen LogP contribution in [0.2, 0.25) is 5.02 Å². The van der Waals surface area contributed by atoms with E-state index in [1.165, 1.54) is 6.08 Å². The molecule has 0 radical (unpaired) electrons. The van der Waals surface area contributed by atoms with E-state index < -0.39 is 5.91 Å². The first-order valence-electron chi connectivity index (χ1n) is 10.4. The van der Waals surface area contributed by atoms with Gasteiger partial charge in [0.15, 0.2) is 0 Å². The predicted octanol–water partition coefficient (Wildman–Crippen LogP) is 6.93. The lowest BCUT2D eigenvalue weighted by molar-refractivity contribution is -0.112. The van der Waals surface area contributed by atoms with Crippen molar-refractivity contribution in [1.82, 2.24) is 0 Å². The van der Waals surface area contributed by atoms with E-state index in [0.29, 0.717) is 28.6 Å². The minimum absolute atomic E-state index is 0.0273. The molecule has 0 fully saturated rings. The monoisotopic (exact) mass is 452 g/mol. The molecule has 0 aromatic heterocycles. The number of halogens is 1. The van der Waals surface area contributed by atoms with E-state index in [1.807, 2.05) is 61.5 Å². The summed E-state index contributed by atoms with van der Waals surface area (Å²) in [6.07, 6.45) is 1.53. The molecule has 0 saturated carbocycles. The van der Waals surface area contributed by atoms with Gasteiger partial charge in [0.25, 0.3) is 5.91 Å². The molecule has 0 unspecified atom stereocenters. The maximum absolute atomic E-state index is 12.7. The number of benzene rings is 4. The minimum atomic E-state index is -0.518. The predicted molar refractivity (Wildman–Crippen MR) is 133 cm³/mol. The van der Waals surface area contributed by atoms with Crippen LogP contribution >= 0.6 is 11.6 Å². The van der Waals surface area contributed by atoms with Gasteiger partial charge in [-0.3, -0.25) is 4.79 Å². The molecule has 162 valence electrons. The molecule has 0 heterocycles. The molecule has 4 nitrogen and oxygen atoms in total. The number of nitriles is 1. The van der Waals surface area contributed by atoms with Crippen LogP contribution in [0.5, 0.6) is 5.75 Å². The quantitative estimate of drug-likeness (QED) is 0.255. The molecule has 1 amide bonds. The summed E-state index contributed by atoms with van der Waals surface area (Å²) >= 11 is 6.19. The number of nitrogens with zero attached hydrogens (tertiary/aromatic N) is 1. The molecule has 0 bridgehead atoms. The Kier molecular flexibility index (Phi) is 6.73. The number of rotatable bonds is 6. The number of hydrogen-bond acceptors (Lipinski definition) is 3. The van der Waals surface area contributed by atoms with Crippen LogP contribution in [0.15, 0.2) is 90.5 Å². The zero-order chi connectivity index (χ0) is 23.2. The van der Waals surface area contributed by atoms with Crippen LogP contribution in [0.4, 0.5) is 5.69 Å². The highest BCUT2D eigenvalue weighted by molar-refractivity contribution is 6.34. The third-order valence-electron chi connectivity index (χ3n) is 5.27. The van der Waals surface area contributed by atoms with Gasteiger partial charge in [0.2, 0.25) is 0 Å². The van der Waals surface area contributed by atoms with E-state index in [0.717, 1.165) is 21.9 Å². The number of nitrogens with one attached hydrogen (secondary N) is 1. The zero-order valence-electron chi connectivity index (χ0n) is 18.0. The first kappa shape index (κ1) is 22.1. The SMILES string of the molecule is Cc1cccc(Cl)c1NC(=O)/C(C#N)=C/c1cccc(OCc2cccc3ccccc23)c1. The number of carbonyl (C=O) groups is 1. The van der Waals surface area contributed by atoms with Crippen molar-refractivity contribution in [3.8, 4) is 11.8 Å². The molecule has 0 aliphatic heterocycles. The van der Waals surface area contributed by atoms with Gasteiger partial charge >= 0.3 is 0 Å². The van der Waals surface area contributed by atoms with Crippen LogP contribution in [0.1, 0.15) is 16.7 Å². The van der Waals surface area contributed by atoms with E-state index in [4.69, 9.17) is 16.3 Å². The van der Waals surface area contributed by atoms with Gasteiger partial charge < -0.3 is 10.1 Å². The van der Waals surface area contributed by atoms with Crippen LogP contribution in [-0.4, -0.2) is 5.91 Å². The Morgan fingerprint density at radius 3 is 2.61 bits per heavy atom. The Morgan fingerprint density at radius 2 is 1.79 bits per heavy atom. The molecule has 4 aromatic rings. The fourth-order valence-corrected chi connectivity index (χ4v) is 3.83. The number of ether oxygens (including phenoxy) is 1. The minimum Gasteiger partial charge on any atom is -0.489 e. The molecule has 0 spiro atoms. The molecular formula is C28H21ClN2O2. The summed E-state index contributed by atoms with van der Waals surface area (Å²) in [6.45, 7) is 2.25. The summed E-state index contributed by atoms with van der Waals surface area (Å²) in [5.74, 6) is 0.132. The van der Waals surface area contributed by atoms with Crippen molar-refractivity contribution >= 4 is 40.0 Å². The fourth-order valence-electron chi connectivity index (χ4n) is 3.56. The van der Waals surface area contributed by atoms with E-state index in [2.05, 4.69) is 23.5 Å². The fraction of sp³-hybridized carbons (Fsp3) is 0.0714. The van der Waals surface area contributed by atoms with Crippen LogP contribution in [-0.2, 0) is 11.4 Å². The Morgan fingerprint density at radius 1 is 1.03 bits per heavy atom. The van der Waals surface area contributed by atoms with Crippen molar-refractivity contribution in [2.24, 2.45) is 0 Å². The number of amides is 1. The van der Waals surface area contributed by atoms with E-state index in [1.54, 1.807) is 18.2 Å². The third kappa shape index (κ3) is 5.23. The van der Waals surface area contributed by atoms with Crippen molar-refractivity contribution in [2.45, 2.75) is 13.5 Å². The van der Waals surface area contributed by atoms with Crippen LogP contribution in [0.3, 0.4) is 0 Å². The van der Waals surface area contributed by atoms with Gasteiger partial charge in [-0.2, -0.15) is 5.26 Å². The standard InChI is InChI=1S/C28H21ClN2O2/c1-19-7-4-14-26(29)27(19)31-28(32)23(17-30)15-20-8-5-12-24(16-20)33-18-22-11-6-10-21-9-2-3-13-25(21)22/h2-16H,18H2,1H3,(H,31,32)/b23-15+. The van der Waals surface area contributed by atoms with Crippen molar-refractivity contribution in [3.63, 3.8) is 0 Å². The van der Waals surface area contributed by atoms with Crippen LogP contribution in [0.25, 0.3) is 16.8 Å². The first-order chi connectivity index (χ1) is 16.0. The van der Waals surface area contributed by atoms with Crippen molar-refractivity contribution < 1.29 is 9.53 Å². The number of fused-ring (bicyclic) bond motifs is 1. The summed E-state index contributed by atoms with van der Waals surface area (Å²) in [4.78, 5) is 12.7. The van der Waals surface area contributed by atoms with Gasteiger partial charge in [-0.1, -0.05) is 78.3 Å². The highest BCUT2D eigenvalue weighted by Crippen LogP contribution is 2.26. The number of para-hydroxylation sites is 1. The summed E-state index contributed by atoms with van der Waals surface area (Å²) in [5.41, 5.74) is 3.06. The van der Waals surface area contributed by atoms with Crippen LogP contribution in [0, 0.1) is 18.3 Å². The normalized spacial score (nSPS) is 11.1. The van der Waals surface area contributed by atoms with Gasteiger partial charge in [0.05, 0.1) is 10.7 Å². The lowest BCUT2D eigenvalue weighted by Gasteiger charge is -2.10. The van der Waals surface area contributed by atoms with Gasteiger partial charge in [-0.05, 0) is 58.7 Å². The zero-order valence-corrected chi connectivity index (χ0v) is 18.8. The highest BCUT2D eigenvalue weighted by atomic mass is 35.5. The second-order valence-corrected chi connectivity index (χ2v) is 7.96. The summed E-state index contributed by atoms with van der Waals surface area (Å²) in [6, 6.07) is 28.9. The van der Waals surface area contributed by atoms with Gasteiger partial charge in [-0.25, -0.2) is 0 Å². The summed E-state index contributed by atoms with van der Waals surface area (Å²) in [7, 11) is 0. The van der Waals surface area contributed by atoms with E-state index in [9.17, 15) is 10.1 Å². The van der Waals surface area contributed by atoms with Gasteiger partial charge in [0, 0.05) is 0 Å². The molecule has 0 saturated heterocycles. The molecule has 33 heavy (non-hydrogen) atoms. The molecule has 0 aliphatic carbocycles. The van der Waals surface area contributed by atoms with Crippen LogP contribution < -0.4 is 10.1 Å². The second-order valence-electron chi connectivity index (χ2n) is 7.56. The topological polar surface area (TPSA) is 62.1 Å². The highest BCUT2D eigenvalue weighted by Gasteiger charge is 2.13. The Balaban J connectivity index is 1.51. The molecule has 5 heteroatoms. The van der Waals surface area contributed by atoms with Crippen molar-refractivity contribution in [1.29, 1.82) is 5.26 Å². The Labute approximate surface area is 197 Å². The molecule has 0 aliphatic rings. The van der Waals surface area contributed by atoms with Crippen molar-refractivity contribution in [3.05, 3.63) is 112 Å². The number of carbonyl (C=O) groups excluding carboxylic acids is 1. The van der Waals surface area contributed by atoms with Crippen molar-refractivity contribution in [2.75, 3.05) is 5.32 Å². The second kappa shape index (κ2) is 10.0.